The molecule has 1 spiro atoms. The number of hydrogen-bond acceptors (Lipinski definition) is 6. The second-order valence-corrected chi connectivity index (χ2v) is 12.0. The van der Waals surface area contributed by atoms with Crippen molar-refractivity contribution in [3.05, 3.63) is 48.0 Å². The van der Waals surface area contributed by atoms with Gasteiger partial charge in [0.25, 0.3) is 0 Å². The lowest BCUT2D eigenvalue weighted by atomic mass is 9.75. The van der Waals surface area contributed by atoms with Crippen LogP contribution in [0.4, 0.5) is 0 Å². The van der Waals surface area contributed by atoms with E-state index in [1.165, 1.54) is 6.92 Å². The maximum Gasteiger partial charge on any atom is 0.245 e. The maximum atomic E-state index is 13.8. The highest BCUT2D eigenvalue weighted by molar-refractivity contribution is 5.91. The molecule has 3 aliphatic rings. The largest absolute Gasteiger partial charge is 0.381 e. The van der Waals surface area contributed by atoms with E-state index in [1.54, 1.807) is 0 Å². The number of fused-ring (bicyclic) bond motifs is 1. The summed E-state index contributed by atoms with van der Waals surface area (Å²) in [5.41, 5.74) is 6.00. The number of benzene rings is 1. The first-order valence-corrected chi connectivity index (χ1v) is 15.5. The Bertz CT molecular complexity index is 1100. The Morgan fingerprint density at radius 2 is 1.88 bits per heavy atom. The Labute approximate surface area is 249 Å². The third-order valence-electron chi connectivity index (χ3n) is 8.95. The fraction of sp³-hybridized carbons (Fsp3) is 0.625. The standard InChI is InChI=1S/C32H47N5O5/c1-23(38)34-27(12-6-8-17-33)30(40)37-18-13-26-25(22-37)11-5-7-14-32(15-19-42-20-16-32)31(41)36-28(29(39)35-26)21-24-9-3-2-4-10-24/h2-5,7,9-10,25-28H,6,8,11-22,33H2,1H3,(H,34,38)(H,35,39)(H,36,41)/b7-5+/t25-,26-,27+,28+/m1/s1. The van der Waals surface area contributed by atoms with Crippen LogP contribution in [0, 0.1) is 11.3 Å². The molecule has 10 nitrogen and oxygen atoms in total. The highest BCUT2D eigenvalue weighted by atomic mass is 16.5. The van der Waals surface area contributed by atoms with Crippen LogP contribution in [0.2, 0.25) is 0 Å². The van der Waals surface area contributed by atoms with Gasteiger partial charge in [-0.3, -0.25) is 19.2 Å². The van der Waals surface area contributed by atoms with Crippen molar-refractivity contribution in [2.45, 2.75) is 82.8 Å². The highest BCUT2D eigenvalue weighted by Gasteiger charge is 2.42. The second kappa shape index (κ2) is 15.3. The zero-order valence-corrected chi connectivity index (χ0v) is 24.8. The molecule has 0 bridgehead atoms. The molecule has 3 heterocycles. The number of rotatable bonds is 8. The van der Waals surface area contributed by atoms with E-state index in [9.17, 15) is 19.2 Å². The maximum absolute atomic E-state index is 13.8. The molecule has 2 saturated heterocycles. The molecule has 4 amide bonds. The lowest BCUT2D eigenvalue weighted by Crippen LogP contribution is -2.59. The third-order valence-corrected chi connectivity index (χ3v) is 8.95. The number of nitrogens with zero attached hydrogens (tertiary/aromatic N) is 1. The van der Waals surface area contributed by atoms with Gasteiger partial charge >= 0.3 is 0 Å². The minimum Gasteiger partial charge on any atom is -0.381 e. The molecule has 5 N–H and O–H groups in total. The molecule has 0 aromatic heterocycles. The van der Waals surface area contributed by atoms with Crippen LogP contribution in [0.5, 0.6) is 0 Å². The molecule has 0 unspecified atom stereocenters. The summed E-state index contributed by atoms with van der Waals surface area (Å²) in [5.74, 6) is -0.611. The van der Waals surface area contributed by atoms with Crippen LogP contribution in [0.15, 0.2) is 42.5 Å². The highest BCUT2D eigenvalue weighted by Crippen LogP contribution is 2.36. The summed E-state index contributed by atoms with van der Waals surface area (Å²) in [7, 11) is 0. The summed E-state index contributed by atoms with van der Waals surface area (Å²) in [6.45, 7) is 3.96. The van der Waals surface area contributed by atoms with E-state index in [1.807, 2.05) is 35.2 Å². The van der Waals surface area contributed by atoms with Gasteiger partial charge in [0.05, 0.1) is 5.41 Å². The Morgan fingerprint density at radius 1 is 1.12 bits per heavy atom. The molecule has 42 heavy (non-hydrogen) atoms. The molecule has 10 heteroatoms. The van der Waals surface area contributed by atoms with Crippen molar-refractivity contribution in [2.75, 3.05) is 32.8 Å². The van der Waals surface area contributed by atoms with E-state index in [4.69, 9.17) is 10.5 Å². The van der Waals surface area contributed by atoms with Gasteiger partial charge in [0, 0.05) is 51.6 Å². The van der Waals surface area contributed by atoms with E-state index in [0.29, 0.717) is 77.8 Å². The smallest absolute Gasteiger partial charge is 0.245 e. The van der Waals surface area contributed by atoms with E-state index in [2.05, 4.69) is 28.1 Å². The van der Waals surface area contributed by atoms with Gasteiger partial charge < -0.3 is 31.3 Å². The molecule has 4 rings (SSSR count). The lowest BCUT2D eigenvalue weighted by Gasteiger charge is -2.41. The number of piperidine rings is 1. The molecule has 4 atom stereocenters. The fourth-order valence-electron chi connectivity index (χ4n) is 6.40. The molecule has 1 aromatic carbocycles. The summed E-state index contributed by atoms with van der Waals surface area (Å²) in [6.07, 6.45) is 9.72. The van der Waals surface area contributed by atoms with Crippen molar-refractivity contribution < 1.29 is 23.9 Å². The minimum atomic E-state index is -0.713. The second-order valence-electron chi connectivity index (χ2n) is 12.0. The van der Waals surface area contributed by atoms with Crippen LogP contribution < -0.4 is 21.7 Å². The summed E-state index contributed by atoms with van der Waals surface area (Å²) >= 11 is 0. The summed E-state index contributed by atoms with van der Waals surface area (Å²) in [5, 5.41) is 9.20. The van der Waals surface area contributed by atoms with Crippen LogP contribution >= 0.6 is 0 Å². The van der Waals surface area contributed by atoms with Crippen LogP contribution in [0.25, 0.3) is 0 Å². The topological polar surface area (TPSA) is 143 Å². The van der Waals surface area contributed by atoms with Crippen LogP contribution in [0.3, 0.4) is 0 Å². The van der Waals surface area contributed by atoms with Crippen molar-refractivity contribution in [1.29, 1.82) is 0 Å². The third kappa shape index (κ3) is 8.41. The van der Waals surface area contributed by atoms with E-state index >= 15 is 0 Å². The molecule has 2 fully saturated rings. The quantitative estimate of drug-likeness (QED) is 0.273. The molecule has 0 aliphatic carbocycles. The molecular formula is C32H47N5O5. The Morgan fingerprint density at radius 3 is 2.60 bits per heavy atom. The summed E-state index contributed by atoms with van der Waals surface area (Å²) in [4.78, 5) is 54.8. The van der Waals surface area contributed by atoms with Gasteiger partial charge in [-0.1, -0.05) is 42.5 Å². The van der Waals surface area contributed by atoms with Crippen molar-refractivity contribution in [3.8, 4) is 0 Å². The average molecular weight is 582 g/mol. The molecular weight excluding hydrogens is 534 g/mol. The fourth-order valence-corrected chi connectivity index (χ4v) is 6.40. The molecule has 3 aliphatic heterocycles. The number of allylic oxidation sites excluding steroid dienone is 2. The van der Waals surface area contributed by atoms with Gasteiger partial charge in [0.15, 0.2) is 0 Å². The van der Waals surface area contributed by atoms with E-state index < -0.39 is 17.5 Å². The number of amides is 4. The number of likely N-dealkylation sites (tertiary alicyclic amines) is 1. The molecule has 230 valence electrons. The van der Waals surface area contributed by atoms with Gasteiger partial charge in [0.2, 0.25) is 23.6 Å². The zero-order chi connectivity index (χ0) is 30.0. The van der Waals surface area contributed by atoms with E-state index in [0.717, 1.165) is 18.4 Å². The molecule has 1 aromatic rings. The van der Waals surface area contributed by atoms with Crippen LogP contribution in [-0.4, -0.2) is 79.5 Å². The number of unbranched alkanes of at least 4 members (excludes halogenated alkanes) is 1. The first-order chi connectivity index (χ1) is 20.3. The van der Waals surface area contributed by atoms with Gasteiger partial charge in [0.1, 0.15) is 12.1 Å². The summed E-state index contributed by atoms with van der Waals surface area (Å²) in [6, 6.07) is 8.29. The van der Waals surface area contributed by atoms with Crippen LogP contribution in [0.1, 0.15) is 63.9 Å². The van der Waals surface area contributed by atoms with Crippen molar-refractivity contribution in [3.63, 3.8) is 0 Å². The first kappa shape index (κ1) is 31.7. The van der Waals surface area contributed by atoms with Crippen molar-refractivity contribution >= 4 is 23.6 Å². The number of carbonyl (C=O) groups is 4. The number of carbonyl (C=O) groups excluding carboxylic acids is 4. The normalized spacial score (nSPS) is 26.0. The summed E-state index contributed by atoms with van der Waals surface area (Å²) < 4.78 is 5.59. The predicted molar refractivity (Wildman–Crippen MR) is 160 cm³/mol. The van der Waals surface area contributed by atoms with E-state index in [-0.39, 0.29) is 35.6 Å². The minimum absolute atomic E-state index is 0.00284. The number of hydrogen-bond donors (Lipinski definition) is 4. The predicted octanol–water partition coefficient (Wildman–Crippen LogP) is 1.83. The lowest BCUT2D eigenvalue weighted by molar-refractivity contribution is -0.141. The van der Waals surface area contributed by atoms with Gasteiger partial charge in [-0.25, -0.2) is 0 Å². The SMILES string of the molecule is CC(=O)N[C@@H](CCCCN)C(=O)N1CC[C@H]2NC(=O)[C@H](Cc3ccccc3)NC(=O)C3(C/C=C/C[C@@H]2C1)CCOCC3. The number of nitrogens with two attached hydrogens (primary N) is 1. The number of nitrogens with one attached hydrogen (secondary N) is 3. The molecule has 0 radical (unpaired) electrons. The zero-order valence-electron chi connectivity index (χ0n) is 24.8. The molecule has 0 saturated carbocycles. The average Bonchev–Trinajstić information content (AvgIpc) is 2.99. The number of ether oxygens (including phenoxy) is 1. The Kier molecular flexibility index (Phi) is 11.5. The monoisotopic (exact) mass is 581 g/mol. The first-order valence-electron chi connectivity index (χ1n) is 15.5. The van der Waals surface area contributed by atoms with Gasteiger partial charge in [-0.15, -0.1) is 0 Å². The Hall–Kier alpha value is -3.24. The van der Waals surface area contributed by atoms with Gasteiger partial charge in [-0.2, -0.15) is 0 Å². The van der Waals surface area contributed by atoms with Gasteiger partial charge in [-0.05, 0) is 63.5 Å². The van der Waals surface area contributed by atoms with Crippen molar-refractivity contribution in [2.24, 2.45) is 17.1 Å². The van der Waals surface area contributed by atoms with Crippen LogP contribution in [-0.2, 0) is 30.3 Å². The van der Waals surface area contributed by atoms with Crippen molar-refractivity contribution in [1.82, 2.24) is 20.9 Å². The Balaban J connectivity index is 1.55.